The predicted octanol–water partition coefficient (Wildman–Crippen LogP) is 2.24. The van der Waals surface area contributed by atoms with E-state index in [1.807, 2.05) is 0 Å². The van der Waals surface area contributed by atoms with Gasteiger partial charge in [0.1, 0.15) is 0 Å². The number of carbonyl (C=O) groups excluding carboxylic acids is 1. The van der Waals surface area contributed by atoms with E-state index >= 15 is 0 Å². The highest BCUT2D eigenvalue weighted by Gasteiger charge is 2.13. The highest BCUT2D eigenvalue weighted by atomic mass is 32.2. The molecule has 7 nitrogen and oxygen atoms in total. The van der Waals surface area contributed by atoms with Crippen LogP contribution in [-0.2, 0) is 16.9 Å². The second-order valence-electron chi connectivity index (χ2n) is 5.62. The van der Waals surface area contributed by atoms with E-state index in [0.29, 0.717) is 22.6 Å². The van der Waals surface area contributed by atoms with Gasteiger partial charge >= 0.3 is 0 Å². The smallest absolute Gasteiger partial charge is 0.255 e. The molecule has 1 aromatic heterocycles. The summed E-state index contributed by atoms with van der Waals surface area (Å²) in [5.74, 6) is 0.317. The lowest BCUT2D eigenvalue weighted by Crippen LogP contribution is -2.11. The average Bonchev–Trinajstić information content (AvgIpc) is 2.88. The van der Waals surface area contributed by atoms with Crippen LogP contribution in [0.3, 0.4) is 0 Å². The number of methoxy groups -OCH3 is 1. The van der Waals surface area contributed by atoms with Gasteiger partial charge in [0.2, 0.25) is 5.88 Å². The number of carbonyl (C=O) groups is 1. The molecule has 3 rings (SSSR count). The van der Waals surface area contributed by atoms with Crippen molar-refractivity contribution in [3.63, 3.8) is 0 Å². The molecule has 1 heterocycles. The minimum atomic E-state index is -3.26. The number of ether oxygens (including phenoxy) is 1. The van der Waals surface area contributed by atoms with Crippen LogP contribution in [0.15, 0.2) is 47.4 Å². The second kappa shape index (κ2) is 6.21. The molecule has 0 aliphatic carbocycles. The number of aryl methyl sites for hydroxylation is 1. The van der Waals surface area contributed by atoms with Crippen molar-refractivity contribution in [2.75, 3.05) is 18.7 Å². The van der Waals surface area contributed by atoms with E-state index in [4.69, 9.17) is 4.74 Å². The van der Waals surface area contributed by atoms with Crippen LogP contribution >= 0.6 is 0 Å². The Kier molecular flexibility index (Phi) is 4.22. The average molecular weight is 359 g/mol. The Morgan fingerprint density at radius 1 is 1.16 bits per heavy atom. The van der Waals surface area contributed by atoms with Gasteiger partial charge in [-0.2, -0.15) is 5.10 Å². The number of benzene rings is 2. The van der Waals surface area contributed by atoms with E-state index in [-0.39, 0.29) is 10.8 Å². The fourth-order valence-electron chi connectivity index (χ4n) is 2.55. The van der Waals surface area contributed by atoms with Gasteiger partial charge in [-0.1, -0.05) is 0 Å². The molecule has 0 bridgehead atoms. The molecule has 130 valence electrons. The molecule has 0 aliphatic heterocycles. The maximum absolute atomic E-state index is 12.4. The standard InChI is InChI=1S/C17H17N3O4S/c1-20-17(24-2)14-9-4-11(10-15(14)19-20)16(21)18-12-5-7-13(8-6-12)25(3,22)23/h4-10H,1-3H3,(H,18,21). The van der Waals surface area contributed by atoms with Crippen LogP contribution in [0.2, 0.25) is 0 Å². The number of sulfone groups is 1. The monoisotopic (exact) mass is 359 g/mol. The van der Waals surface area contributed by atoms with Crippen LogP contribution in [0, 0.1) is 0 Å². The summed E-state index contributed by atoms with van der Waals surface area (Å²) in [6, 6.07) is 11.2. The molecule has 1 amide bonds. The number of hydrogen-bond donors (Lipinski definition) is 1. The van der Waals surface area contributed by atoms with Gasteiger partial charge in [0, 0.05) is 24.6 Å². The first-order valence-corrected chi connectivity index (χ1v) is 9.31. The Balaban J connectivity index is 1.85. The van der Waals surface area contributed by atoms with Crippen LogP contribution in [0.25, 0.3) is 10.9 Å². The van der Waals surface area contributed by atoms with Gasteiger partial charge in [0.05, 0.1) is 22.9 Å². The van der Waals surface area contributed by atoms with Crippen LogP contribution in [0.5, 0.6) is 5.88 Å². The lowest BCUT2D eigenvalue weighted by molar-refractivity contribution is 0.102. The topological polar surface area (TPSA) is 90.3 Å². The Hall–Kier alpha value is -2.87. The van der Waals surface area contributed by atoms with E-state index < -0.39 is 9.84 Å². The molecule has 2 aromatic carbocycles. The van der Waals surface area contributed by atoms with Gasteiger partial charge in [-0.15, -0.1) is 0 Å². The normalized spacial score (nSPS) is 11.5. The SMILES string of the molecule is COc1c2ccc(C(=O)Nc3ccc(S(C)(=O)=O)cc3)cc2nn1C. The van der Waals surface area contributed by atoms with Crippen molar-refractivity contribution in [3.05, 3.63) is 48.0 Å². The molecule has 0 spiro atoms. The zero-order chi connectivity index (χ0) is 18.2. The summed E-state index contributed by atoms with van der Waals surface area (Å²) >= 11 is 0. The Labute approximate surface area is 145 Å². The Morgan fingerprint density at radius 2 is 1.84 bits per heavy atom. The minimum Gasteiger partial charge on any atom is -0.481 e. The molecule has 0 saturated heterocycles. The lowest BCUT2D eigenvalue weighted by atomic mass is 10.1. The third-order valence-electron chi connectivity index (χ3n) is 3.78. The molecular weight excluding hydrogens is 342 g/mol. The number of rotatable bonds is 4. The Bertz CT molecular complexity index is 1050. The van der Waals surface area contributed by atoms with Crippen molar-refractivity contribution in [1.29, 1.82) is 0 Å². The van der Waals surface area contributed by atoms with E-state index in [2.05, 4.69) is 10.4 Å². The zero-order valence-corrected chi connectivity index (χ0v) is 14.8. The summed E-state index contributed by atoms with van der Waals surface area (Å²) in [5.41, 5.74) is 1.61. The summed E-state index contributed by atoms with van der Waals surface area (Å²) in [6.07, 6.45) is 1.14. The largest absolute Gasteiger partial charge is 0.481 e. The van der Waals surface area contributed by atoms with Gasteiger partial charge in [-0.05, 0) is 42.5 Å². The second-order valence-corrected chi connectivity index (χ2v) is 7.63. The fourth-order valence-corrected chi connectivity index (χ4v) is 3.18. The summed E-state index contributed by atoms with van der Waals surface area (Å²) in [6.45, 7) is 0. The van der Waals surface area contributed by atoms with Crippen molar-refractivity contribution in [2.24, 2.45) is 7.05 Å². The fraction of sp³-hybridized carbons (Fsp3) is 0.176. The highest BCUT2D eigenvalue weighted by Crippen LogP contribution is 2.25. The number of fused-ring (bicyclic) bond motifs is 1. The molecule has 0 atom stereocenters. The number of anilines is 1. The van der Waals surface area contributed by atoms with Crippen LogP contribution in [-0.4, -0.2) is 37.5 Å². The number of hydrogen-bond acceptors (Lipinski definition) is 5. The highest BCUT2D eigenvalue weighted by molar-refractivity contribution is 7.90. The van der Waals surface area contributed by atoms with Crippen LogP contribution in [0.1, 0.15) is 10.4 Å². The first kappa shape index (κ1) is 17.0. The van der Waals surface area contributed by atoms with Gasteiger partial charge < -0.3 is 10.1 Å². The predicted molar refractivity (Wildman–Crippen MR) is 94.8 cm³/mol. The van der Waals surface area contributed by atoms with Crippen molar-refractivity contribution in [2.45, 2.75) is 4.90 Å². The van der Waals surface area contributed by atoms with Gasteiger partial charge in [-0.3, -0.25) is 4.79 Å². The minimum absolute atomic E-state index is 0.201. The van der Waals surface area contributed by atoms with E-state index in [9.17, 15) is 13.2 Å². The quantitative estimate of drug-likeness (QED) is 0.771. The van der Waals surface area contributed by atoms with Crippen molar-refractivity contribution in [3.8, 4) is 5.88 Å². The molecule has 0 saturated carbocycles. The molecule has 0 aliphatic rings. The van der Waals surface area contributed by atoms with Crippen LogP contribution < -0.4 is 10.1 Å². The molecule has 0 fully saturated rings. The molecular formula is C17H17N3O4S. The number of nitrogens with one attached hydrogen (secondary N) is 1. The van der Waals surface area contributed by atoms with Crippen molar-refractivity contribution >= 4 is 32.3 Å². The maximum Gasteiger partial charge on any atom is 0.255 e. The lowest BCUT2D eigenvalue weighted by Gasteiger charge is -2.06. The molecule has 25 heavy (non-hydrogen) atoms. The number of amides is 1. The summed E-state index contributed by atoms with van der Waals surface area (Å²) in [5, 5.41) is 7.87. The maximum atomic E-state index is 12.4. The molecule has 0 radical (unpaired) electrons. The van der Waals surface area contributed by atoms with E-state index in [1.54, 1.807) is 49.2 Å². The molecule has 3 aromatic rings. The van der Waals surface area contributed by atoms with Crippen molar-refractivity contribution < 1.29 is 17.9 Å². The summed E-state index contributed by atoms with van der Waals surface area (Å²) in [7, 11) is 0.0685. The third-order valence-corrected chi connectivity index (χ3v) is 4.90. The van der Waals surface area contributed by atoms with Gasteiger partial charge in [0.15, 0.2) is 9.84 Å². The van der Waals surface area contributed by atoms with Gasteiger partial charge in [0.25, 0.3) is 5.91 Å². The van der Waals surface area contributed by atoms with E-state index in [0.717, 1.165) is 11.6 Å². The van der Waals surface area contributed by atoms with E-state index in [1.165, 1.54) is 12.1 Å². The molecule has 8 heteroatoms. The molecule has 0 unspecified atom stereocenters. The Morgan fingerprint density at radius 3 is 2.44 bits per heavy atom. The van der Waals surface area contributed by atoms with Crippen LogP contribution in [0.4, 0.5) is 5.69 Å². The summed E-state index contributed by atoms with van der Waals surface area (Å²) < 4.78 is 29.8. The zero-order valence-electron chi connectivity index (χ0n) is 14.0. The summed E-state index contributed by atoms with van der Waals surface area (Å²) in [4.78, 5) is 12.6. The first-order chi connectivity index (χ1) is 11.8. The first-order valence-electron chi connectivity index (χ1n) is 7.42. The third kappa shape index (κ3) is 3.34. The van der Waals surface area contributed by atoms with Gasteiger partial charge in [-0.25, -0.2) is 13.1 Å². The van der Waals surface area contributed by atoms with Crippen molar-refractivity contribution in [1.82, 2.24) is 9.78 Å². The number of aromatic nitrogens is 2. The number of nitrogens with zero attached hydrogens (tertiary/aromatic N) is 2. The molecule has 1 N–H and O–H groups in total.